The van der Waals surface area contributed by atoms with Crippen molar-refractivity contribution >= 4 is 33.1 Å². The van der Waals surface area contributed by atoms with Crippen molar-refractivity contribution in [3.63, 3.8) is 0 Å². The van der Waals surface area contributed by atoms with E-state index in [4.69, 9.17) is 0 Å². The molecule has 0 spiro atoms. The maximum Gasteiger partial charge on any atom is 0.251 e. The van der Waals surface area contributed by atoms with Crippen LogP contribution in [-0.2, 0) is 0 Å². The molecule has 1 aliphatic rings. The number of carbonyl (C=O) groups excluding carboxylic acids is 1. The zero-order valence-electron chi connectivity index (χ0n) is 13.2. The molecule has 4 rings (SSSR count). The second-order valence-electron chi connectivity index (χ2n) is 6.01. The average Bonchev–Trinajstić information content (AvgIpc) is 3.23. The third kappa shape index (κ3) is 3.07. The van der Waals surface area contributed by atoms with Gasteiger partial charge in [-0.3, -0.25) is 4.79 Å². The molecule has 0 radical (unpaired) electrons. The molecule has 7 heteroatoms. The summed E-state index contributed by atoms with van der Waals surface area (Å²) in [6.07, 6.45) is 0.641. The second kappa shape index (κ2) is 6.40. The topological polar surface area (TPSA) is 45.2 Å². The van der Waals surface area contributed by atoms with E-state index in [1.54, 1.807) is 16.5 Å². The van der Waals surface area contributed by atoms with Crippen molar-refractivity contribution < 1.29 is 13.6 Å². The van der Waals surface area contributed by atoms with E-state index in [1.807, 2.05) is 12.1 Å². The minimum Gasteiger partial charge on any atom is -0.365 e. The number of aromatic nitrogens is 1. The number of benzene rings is 2. The highest BCUT2D eigenvalue weighted by Crippen LogP contribution is 2.27. The Hall–Kier alpha value is -2.54. The Labute approximate surface area is 147 Å². The van der Waals surface area contributed by atoms with E-state index < -0.39 is 11.6 Å². The number of anilines is 1. The first-order valence-electron chi connectivity index (χ1n) is 7.95. The predicted octanol–water partition coefficient (Wildman–Crippen LogP) is 3.58. The molecule has 1 unspecified atom stereocenters. The van der Waals surface area contributed by atoms with Crippen LogP contribution >= 0.6 is 11.3 Å². The number of hydrogen-bond donors (Lipinski definition) is 1. The Balaban J connectivity index is 1.46. The van der Waals surface area contributed by atoms with Gasteiger partial charge in [-0.05, 0) is 36.8 Å². The first-order chi connectivity index (χ1) is 12.1. The first-order valence-corrected chi connectivity index (χ1v) is 8.83. The van der Waals surface area contributed by atoms with Gasteiger partial charge in [0.25, 0.3) is 5.91 Å². The monoisotopic (exact) mass is 359 g/mol. The molecule has 25 heavy (non-hydrogen) atoms. The van der Waals surface area contributed by atoms with Crippen LogP contribution in [0.25, 0.3) is 10.2 Å². The number of fused-ring (bicyclic) bond motifs is 1. The summed E-state index contributed by atoms with van der Waals surface area (Å²) < 4.78 is 28.8. The molecular weight excluding hydrogens is 344 g/mol. The van der Waals surface area contributed by atoms with E-state index in [-0.39, 0.29) is 17.6 Å². The molecule has 1 N–H and O–H groups in total. The highest BCUT2D eigenvalue weighted by Gasteiger charge is 2.28. The summed E-state index contributed by atoms with van der Waals surface area (Å²) in [5.41, 5.74) is 3.14. The van der Waals surface area contributed by atoms with Gasteiger partial charge >= 0.3 is 0 Å². The molecule has 1 aliphatic heterocycles. The first kappa shape index (κ1) is 16.0. The lowest BCUT2D eigenvalue weighted by Gasteiger charge is -2.20. The van der Waals surface area contributed by atoms with Gasteiger partial charge in [0.1, 0.15) is 17.3 Å². The highest BCUT2D eigenvalue weighted by molar-refractivity contribution is 7.16. The summed E-state index contributed by atoms with van der Waals surface area (Å²) >= 11 is 1.48. The molecule has 1 saturated heterocycles. The van der Waals surface area contributed by atoms with E-state index >= 15 is 0 Å². The van der Waals surface area contributed by atoms with Crippen LogP contribution in [0.3, 0.4) is 0 Å². The summed E-state index contributed by atoms with van der Waals surface area (Å²) in [5, 5.41) is 2.95. The largest absolute Gasteiger partial charge is 0.365 e. The normalized spacial score (nSPS) is 17.2. The van der Waals surface area contributed by atoms with Crippen molar-refractivity contribution in [3.05, 3.63) is 59.1 Å². The van der Waals surface area contributed by atoms with Crippen LogP contribution in [0.5, 0.6) is 0 Å². The van der Waals surface area contributed by atoms with Crippen molar-refractivity contribution in [1.82, 2.24) is 10.3 Å². The van der Waals surface area contributed by atoms with Gasteiger partial charge < -0.3 is 10.2 Å². The lowest BCUT2D eigenvalue weighted by atomic mass is 10.2. The molecule has 1 amide bonds. The fraction of sp³-hybridized carbons (Fsp3) is 0.222. The van der Waals surface area contributed by atoms with E-state index in [9.17, 15) is 13.6 Å². The summed E-state index contributed by atoms with van der Waals surface area (Å²) in [5.74, 6) is -1.35. The van der Waals surface area contributed by atoms with Crippen LogP contribution in [0.2, 0.25) is 0 Å². The maximum atomic E-state index is 13.9. The molecule has 3 aromatic rings. The predicted molar refractivity (Wildman–Crippen MR) is 94.1 cm³/mol. The van der Waals surface area contributed by atoms with Gasteiger partial charge in [0.2, 0.25) is 0 Å². The Morgan fingerprint density at radius 3 is 2.84 bits per heavy atom. The summed E-state index contributed by atoms with van der Waals surface area (Å²) in [6, 6.07) is 9.05. The van der Waals surface area contributed by atoms with E-state index in [2.05, 4.69) is 10.3 Å². The summed E-state index contributed by atoms with van der Waals surface area (Å²) in [7, 11) is 0. The van der Waals surface area contributed by atoms with Crippen molar-refractivity contribution in [2.45, 2.75) is 12.5 Å². The zero-order chi connectivity index (χ0) is 17.4. The van der Waals surface area contributed by atoms with Crippen LogP contribution in [0.1, 0.15) is 16.8 Å². The van der Waals surface area contributed by atoms with Crippen LogP contribution in [0.15, 0.2) is 41.9 Å². The minimum absolute atomic E-state index is 0.0228. The van der Waals surface area contributed by atoms with Crippen LogP contribution in [0, 0.1) is 11.6 Å². The van der Waals surface area contributed by atoms with Crippen LogP contribution in [0.4, 0.5) is 14.5 Å². The van der Waals surface area contributed by atoms with E-state index in [1.165, 1.54) is 29.5 Å². The number of carbonyl (C=O) groups is 1. The van der Waals surface area contributed by atoms with Gasteiger partial charge in [0, 0.05) is 24.7 Å². The van der Waals surface area contributed by atoms with E-state index in [0.29, 0.717) is 25.1 Å². The minimum atomic E-state index is -0.581. The number of nitrogens with one attached hydrogen (secondary N) is 1. The second-order valence-corrected chi connectivity index (χ2v) is 6.90. The summed E-state index contributed by atoms with van der Waals surface area (Å²) in [6.45, 7) is 0.878. The van der Waals surface area contributed by atoms with Crippen molar-refractivity contribution in [2.24, 2.45) is 0 Å². The molecule has 128 valence electrons. The van der Waals surface area contributed by atoms with Gasteiger partial charge in [-0.25, -0.2) is 13.8 Å². The number of nitrogens with zero attached hydrogens (tertiary/aromatic N) is 2. The smallest absolute Gasteiger partial charge is 0.251 e. The third-order valence-electron chi connectivity index (χ3n) is 4.37. The highest BCUT2D eigenvalue weighted by atomic mass is 32.1. The van der Waals surface area contributed by atoms with Crippen LogP contribution in [-0.4, -0.2) is 30.0 Å². The molecule has 1 atom stereocenters. The zero-order valence-corrected chi connectivity index (χ0v) is 14.0. The van der Waals surface area contributed by atoms with Crippen molar-refractivity contribution in [2.75, 3.05) is 18.0 Å². The average molecular weight is 359 g/mol. The number of hydrogen-bond acceptors (Lipinski definition) is 4. The van der Waals surface area contributed by atoms with Gasteiger partial charge in [-0.15, -0.1) is 11.3 Å². The van der Waals surface area contributed by atoms with Gasteiger partial charge in [0.15, 0.2) is 0 Å². The van der Waals surface area contributed by atoms with E-state index in [0.717, 1.165) is 10.2 Å². The molecule has 1 aromatic heterocycles. The Kier molecular flexibility index (Phi) is 4.09. The summed E-state index contributed by atoms with van der Waals surface area (Å²) in [4.78, 5) is 18.3. The number of para-hydroxylation sites is 1. The van der Waals surface area contributed by atoms with Crippen LogP contribution < -0.4 is 10.2 Å². The van der Waals surface area contributed by atoms with Crippen molar-refractivity contribution in [1.29, 1.82) is 0 Å². The van der Waals surface area contributed by atoms with Crippen molar-refractivity contribution in [3.8, 4) is 0 Å². The third-order valence-corrected chi connectivity index (χ3v) is 5.16. The lowest BCUT2D eigenvalue weighted by Crippen LogP contribution is -2.37. The quantitative estimate of drug-likeness (QED) is 0.777. The molecule has 0 aliphatic carbocycles. The molecule has 2 aromatic carbocycles. The molecule has 1 fully saturated rings. The SMILES string of the molecule is O=C(NC1CCN(c2c(F)cccc2F)C1)c1ccc2ncsc2c1. The fourth-order valence-electron chi connectivity index (χ4n) is 3.14. The number of rotatable bonds is 3. The number of halogens is 2. The number of amides is 1. The van der Waals surface area contributed by atoms with Gasteiger partial charge in [0.05, 0.1) is 15.7 Å². The lowest BCUT2D eigenvalue weighted by molar-refractivity contribution is 0.0940. The molecule has 4 nitrogen and oxygen atoms in total. The maximum absolute atomic E-state index is 13.9. The number of thiazole rings is 1. The molecule has 0 bridgehead atoms. The molecular formula is C18H15F2N3OS. The molecule has 2 heterocycles. The van der Waals surface area contributed by atoms with Gasteiger partial charge in [-0.1, -0.05) is 6.07 Å². The standard InChI is InChI=1S/C18H15F2N3OS/c19-13-2-1-3-14(20)17(13)23-7-6-12(9-23)22-18(24)11-4-5-15-16(8-11)25-10-21-15/h1-5,8,10,12H,6-7,9H2,(H,22,24). The Morgan fingerprint density at radius 1 is 1.24 bits per heavy atom. The Bertz CT molecular complexity index is 923. The van der Waals surface area contributed by atoms with Gasteiger partial charge in [-0.2, -0.15) is 0 Å². The Morgan fingerprint density at radius 2 is 2.04 bits per heavy atom. The molecule has 0 saturated carbocycles. The fourth-order valence-corrected chi connectivity index (χ4v) is 3.85.